The Balaban J connectivity index is 1.66. The summed E-state index contributed by atoms with van der Waals surface area (Å²) in [5.41, 5.74) is 4.50. The fourth-order valence-corrected chi connectivity index (χ4v) is 4.07. The quantitative estimate of drug-likeness (QED) is 0.245. The minimum Gasteiger partial charge on any atom is -0.493 e. The van der Waals surface area contributed by atoms with Crippen LogP contribution in [0.5, 0.6) is 11.5 Å². The second kappa shape index (κ2) is 13.1. The number of carbonyl (C=O) groups is 2. The van der Waals surface area contributed by atoms with Gasteiger partial charge in [-0.1, -0.05) is 61.8 Å². The number of hydrogen-bond donors (Lipinski definition) is 2. The van der Waals surface area contributed by atoms with Gasteiger partial charge in [-0.3, -0.25) is 9.59 Å². The van der Waals surface area contributed by atoms with Crippen LogP contribution < -0.4 is 20.2 Å². The summed E-state index contributed by atoms with van der Waals surface area (Å²) in [6.45, 7) is 3.97. The second-order valence-electron chi connectivity index (χ2n) is 8.21. The van der Waals surface area contributed by atoms with E-state index < -0.39 is 11.9 Å². The highest BCUT2D eigenvalue weighted by molar-refractivity contribution is 9.10. The van der Waals surface area contributed by atoms with E-state index in [2.05, 4.69) is 31.8 Å². The van der Waals surface area contributed by atoms with E-state index in [1.807, 2.05) is 38.1 Å². The van der Waals surface area contributed by atoms with Gasteiger partial charge in [-0.25, -0.2) is 5.43 Å². The number of hydrogen-bond acceptors (Lipinski definition) is 5. The molecule has 0 aromatic heterocycles. The molecule has 0 bridgehead atoms. The molecule has 2 amide bonds. The summed E-state index contributed by atoms with van der Waals surface area (Å²) in [7, 11) is 1.54. The van der Waals surface area contributed by atoms with Crippen molar-refractivity contribution in [1.29, 1.82) is 0 Å². The largest absolute Gasteiger partial charge is 0.493 e. The van der Waals surface area contributed by atoms with Crippen molar-refractivity contribution in [2.75, 3.05) is 7.11 Å². The molecule has 7 nitrogen and oxygen atoms in total. The number of rotatable bonds is 10. The molecule has 0 aliphatic rings. The van der Waals surface area contributed by atoms with Crippen LogP contribution in [0.15, 0.2) is 76.3 Å². The Morgan fingerprint density at radius 1 is 1.08 bits per heavy atom. The molecule has 0 radical (unpaired) electrons. The zero-order valence-corrected chi connectivity index (χ0v) is 22.5. The van der Waals surface area contributed by atoms with Crippen molar-refractivity contribution in [3.8, 4) is 11.5 Å². The zero-order chi connectivity index (χ0) is 26.1. The lowest BCUT2D eigenvalue weighted by molar-refractivity contribution is -0.123. The van der Waals surface area contributed by atoms with Crippen LogP contribution in [0.25, 0.3) is 0 Å². The van der Waals surface area contributed by atoms with Crippen molar-refractivity contribution >= 4 is 45.6 Å². The molecule has 0 aliphatic heterocycles. The third-order valence-electron chi connectivity index (χ3n) is 5.24. The van der Waals surface area contributed by atoms with Crippen LogP contribution >= 0.6 is 27.5 Å². The fraction of sp³-hybridized carbons (Fsp3) is 0.222. The summed E-state index contributed by atoms with van der Waals surface area (Å²) in [5.74, 6) is 0.115. The second-order valence-corrected chi connectivity index (χ2v) is 9.47. The van der Waals surface area contributed by atoms with Crippen LogP contribution in [0.4, 0.5) is 0 Å². The van der Waals surface area contributed by atoms with Gasteiger partial charge in [0.1, 0.15) is 12.6 Å². The molecule has 0 spiro atoms. The summed E-state index contributed by atoms with van der Waals surface area (Å²) < 4.78 is 12.1. The highest BCUT2D eigenvalue weighted by atomic mass is 79.9. The average molecular weight is 573 g/mol. The van der Waals surface area contributed by atoms with E-state index in [0.717, 1.165) is 5.56 Å². The van der Waals surface area contributed by atoms with Crippen LogP contribution in [0.3, 0.4) is 0 Å². The lowest BCUT2D eigenvalue weighted by atomic mass is 10.0. The molecular formula is C27H27BrClN3O4. The van der Waals surface area contributed by atoms with Crippen molar-refractivity contribution in [2.24, 2.45) is 11.0 Å². The van der Waals surface area contributed by atoms with E-state index in [1.54, 1.807) is 42.5 Å². The van der Waals surface area contributed by atoms with Crippen LogP contribution in [-0.2, 0) is 11.4 Å². The number of ether oxygens (including phenoxy) is 2. The van der Waals surface area contributed by atoms with Gasteiger partial charge >= 0.3 is 0 Å². The molecule has 1 atom stereocenters. The molecular weight excluding hydrogens is 546 g/mol. The SMILES string of the molecule is COc1cc(C=NNC(=O)C(NC(=O)c2ccccc2)C(C)C)cc(Br)c1OCc1ccccc1Cl. The first-order valence-electron chi connectivity index (χ1n) is 11.2. The smallest absolute Gasteiger partial charge is 0.262 e. The monoisotopic (exact) mass is 571 g/mol. The number of benzene rings is 3. The maximum atomic E-state index is 12.7. The maximum absolute atomic E-state index is 12.7. The van der Waals surface area contributed by atoms with Crippen LogP contribution in [-0.4, -0.2) is 31.2 Å². The van der Waals surface area contributed by atoms with Crippen molar-refractivity contribution in [1.82, 2.24) is 10.7 Å². The van der Waals surface area contributed by atoms with Crippen molar-refractivity contribution in [2.45, 2.75) is 26.5 Å². The molecule has 3 aromatic carbocycles. The minimum atomic E-state index is -0.753. The van der Waals surface area contributed by atoms with Gasteiger partial charge in [-0.15, -0.1) is 0 Å². The summed E-state index contributed by atoms with van der Waals surface area (Å²) in [4.78, 5) is 25.2. The van der Waals surface area contributed by atoms with Gasteiger partial charge in [0.2, 0.25) is 0 Å². The molecule has 3 rings (SSSR count). The Kier molecular flexibility index (Phi) is 9.90. The van der Waals surface area contributed by atoms with E-state index in [1.165, 1.54) is 13.3 Å². The number of nitrogens with one attached hydrogen (secondary N) is 2. The number of amides is 2. The normalized spacial score (nSPS) is 11.8. The topological polar surface area (TPSA) is 89.0 Å². The minimum absolute atomic E-state index is 0.142. The van der Waals surface area contributed by atoms with Crippen LogP contribution in [0.1, 0.15) is 35.3 Å². The van der Waals surface area contributed by atoms with Gasteiger partial charge in [-0.05, 0) is 57.7 Å². The van der Waals surface area contributed by atoms with Crippen molar-refractivity contribution in [3.05, 3.63) is 92.9 Å². The summed E-state index contributed by atoms with van der Waals surface area (Å²) in [5, 5.41) is 7.45. The Hall–Kier alpha value is -3.36. The highest BCUT2D eigenvalue weighted by Crippen LogP contribution is 2.37. The third-order valence-corrected chi connectivity index (χ3v) is 6.20. The summed E-state index contributed by atoms with van der Waals surface area (Å²) >= 11 is 9.72. The predicted octanol–water partition coefficient (Wildman–Crippen LogP) is 5.59. The Morgan fingerprint density at radius 2 is 1.78 bits per heavy atom. The summed E-state index contributed by atoms with van der Waals surface area (Å²) in [6, 6.07) is 18.9. The van der Waals surface area contributed by atoms with Crippen LogP contribution in [0.2, 0.25) is 5.02 Å². The lowest BCUT2D eigenvalue weighted by Gasteiger charge is -2.20. The van der Waals surface area contributed by atoms with Crippen molar-refractivity contribution < 1.29 is 19.1 Å². The number of halogens is 2. The van der Waals surface area contributed by atoms with Gasteiger partial charge < -0.3 is 14.8 Å². The van der Waals surface area contributed by atoms with E-state index in [9.17, 15) is 9.59 Å². The van der Waals surface area contributed by atoms with Gasteiger partial charge in [-0.2, -0.15) is 5.10 Å². The molecule has 3 aromatic rings. The molecule has 0 fully saturated rings. The molecule has 0 heterocycles. The van der Waals surface area contributed by atoms with E-state index >= 15 is 0 Å². The predicted molar refractivity (Wildman–Crippen MR) is 145 cm³/mol. The van der Waals surface area contributed by atoms with Crippen molar-refractivity contribution in [3.63, 3.8) is 0 Å². The van der Waals surface area contributed by atoms with Crippen LogP contribution in [0, 0.1) is 5.92 Å². The van der Waals surface area contributed by atoms with E-state index in [-0.39, 0.29) is 18.4 Å². The molecule has 1 unspecified atom stereocenters. The lowest BCUT2D eigenvalue weighted by Crippen LogP contribution is -2.48. The number of hydrazone groups is 1. The molecule has 188 valence electrons. The molecule has 2 N–H and O–H groups in total. The van der Waals surface area contributed by atoms with E-state index in [0.29, 0.717) is 32.1 Å². The number of carbonyl (C=O) groups excluding carboxylic acids is 2. The Labute approximate surface area is 224 Å². The molecule has 0 saturated carbocycles. The van der Waals surface area contributed by atoms with Gasteiger partial charge in [0, 0.05) is 16.1 Å². The molecule has 36 heavy (non-hydrogen) atoms. The Morgan fingerprint density at radius 3 is 2.44 bits per heavy atom. The first-order chi connectivity index (χ1) is 17.3. The highest BCUT2D eigenvalue weighted by Gasteiger charge is 2.24. The zero-order valence-electron chi connectivity index (χ0n) is 20.1. The summed E-state index contributed by atoms with van der Waals surface area (Å²) in [6.07, 6.45) is 1.49. The first kappa shape index (κ1) is 27.2. The maximum Gasteiger partial charge on any atom is 0.262 e. The molecule has 0 aliphatic carbocycles. The van der Waals surface area contributed by atoms with E-state index in [4.69, 9.17) is 21.1 Å². The molecule has 0 saturated heterocycles. The number of nitrogens with zero attached hydrogens (tertiary/aromatic N) is 1. The fourth-order valence-electron chi connectivity index (χ4n) is 3.31. The Bertz CT molecular complexity index is 1230. The molecule has 9 heteroatoms. The standard InChI is InChI=1S/C27H27BrClN3O4/c1-17(2)24(31-26(33)19-9-5-4-6-10-19)27(34)32-30-15-18-13-21(28)25(23(14-18)35-3)36-16-20-11-7-8-12-22(20)29/h4-15,17,24H,16H2,1-3H3,(H,31,33)(H,32,34). The first-order valence-corrected chi connectivity index (χ1v) is 12.4. The van der Waals surface area contributed by atoms with Gasteiger partial charge in [0.25, 0.3) is 11.8 Å². The third kappa shape index (κ3) is 7.32. The average Bonchev–Trinajstić information content (AvgIpc) is 2.87. The van der Waals surface area contributed by atoms with Gasteiger partial charge in [0.15, 0.2) is 11.5 Å². The number of methoxy groups -OCH3 is 1. The van der Waals surface area contributed by atoms with Gasteiger partial charge in [0.05, 0.1) is 17.8 Å².